The average molecular weight is 286 g/mol. The van der Waals surface area contributed by atoms with Crippen molar-refractivity contribution in [3.05, 3.63) is 47.3 Å². The molecule has 0 bridgehead atoms. The maximum absolute atomic E-state index is 12.2. The van der Waals surface area contributed by atoms with Crippen LogP contribution in [0.4, 0.5) is 0 Å². The van der Waals surface area contributed by atoms with Crippen LogP contribution in [-0.4, -0.2) is 23.3 Å². The minimum atomic E-state index is -0.152. The summed E-state index contributed by atoms with van der Waals surface area (Å²) in [6.45, 7) is 0.245. The molecule has 110 valence electrons. The van der Waals surface area contributed by atoms with Crippen LogP contribution < -0.4 is 4.74 Å². The molecule has 0 saturated carbocycles. The number of hydrogen-bond acceptors (Lipinski definition) is 4. The highest BCUT2D eigenvalue weighted by molar-refractivity contribution is 5.73. The molecule has 21 heavy (non-hydrogen) atoms. The number of rotatable bonds is 4. The molecule has 5 nitrogen and oxygen atoms in total. The first-order valence-electron chi connectivity index (χ1n) is 7.07. The van der Waals surface area contributed by atoms with Crippen molar-refractivity contribution >= 4 is 5.97 Å². The molecule has 1 aliphatic carbocycles. The molecule has 0 spiro atoms. The number of methoxy groups -OCH3 is 1. The Morgan fingerprint density at radius 2 is 2.29 bits per heavy atom. The van der Waals surface area contributed by atoms with Crippen LogP contribution in [0.1, 0.15) is 23.2 Å². The Morgan fingerprint density at radius 1 is 1.43 bits per heavy atom. The van der Waals surface area contributed by atoms with Gasteiger partial charge in [-0.05, 0) is 24.5 Å². The summed E-state index contributed by atoms with van der Waals surface area (Å²) in [7, 11) is 1.61. The summed E-state index contributed by atoms with van der Waals surface area (Å²) < 4.78 is 10.7. The van der Waals surface area contributed by atoms with Crippen molar-refractivity contribution in [2.24, 2.45) is 5.92 Å². The molecule has 1 heterocycles. The number of nitrogens with zero attached hydrogens (tertiary/aromatic N) is 1. The standard InChI is InChI=1S/C16H18N2O3/c1-20-15-5-3-2-4-13(15)10-21-16(19)11-6-7-12-9-17-18-14(12)8-11/h2-5,9,11H,6-8,10H2,1H3,(H,17,18). The topological polar surface area (TPSA) is 64.2 Å². The van der Waals surface area contributed by atoms with Gasteiger partial charge in [0.25, 0.3) is 0 Å². The summed E-state index contributed by atoms with van der Waals surface area (Å²) in [5.74, 6) is 0.499. The van der Waals surface area contributed by atoms with Gasteiger partial charge in [0.1, 0.15) is 12.4 Å². The highest BCUT2D eigenvalue weighted by Gasteiger charge is 2.27. The molecule has 0 fully saturated rings. The SMILES string of the molecule is COc1ccccc1COC(=O)C1CCc2cn[nH]c2C1. The van der Waals surface area contributed by atoms with Gasteiger partial charge in [-0.1, -0.05) is 18.2 Å². The lowest BCUT2D eigenvalue weighted by Gasteiger charge is -2.20. The van der Waals surface area contributed by atoms with Gasteiger partial charge in [0.15, 0.2) is 0 Å². The highest BCUT2D eigenvalue weighted by Crippen LogP contribution is 2.25. The first-order chi connectivity index (χ1) is 10.3. The molecule has 0 aliphatic heterocycles. The maximum atomic E-state index is 12.2. The monoisotopic (exact) mass is 286 g/mol. The Balaban J connectivity index is 1.60. The van der Waals surface area contributed by atoms with E-state index < -0.39 is 0 Å². The second kappa shape index (κ2) is 5.99. The summed E-state index contributed by atoms with van der Waals surface area (Å²) >= 11 is 0. The van der Waals surface area contributed by atoms with E-state index >= 15 is 0 Å². The van der Waals surface area contributed by atoms with E-state index in [-0.39, 0.29) is 18.5 Å². The van der Waals surface area contributed by atoms with Gasteiger partial charge in [-0.15, -0.1) is 0 Å². The van der Waals surface area contributed by atoms with Crippen molar-refractivity contribution in [2.45, 2.75) is 25.9 Å². The van der Waals surface area contributed by atoms with E-state index in [0.29, 0.717) is 6.42 Å². The van der Waals surface area contributed by atoms with E-state index in [1.165, 1.54) is 5.56 Å². The van der Waals surface area contributed by atoms with Crippen LogP contribution >= 0.6 is 0 Å². The lowest BCUT2D eigenvalue weighted by molar-refractivity contribution is -0.150. The molecule has 1 N–H and O–H groups in total. The van der Waals surface area contributed by atoms with E-state index in [9.17, 15) is 4.79 Å². The maximum Gasteiger partial charge on any atom is 0.309 e. The van der Waals surface area contributed by atoms with Crippen molar-refractivity contribution in [1.82, 2.24) is 10.2 Å². The number of carbonyl (C=O) groups is 1. The first-order valence-corrected chi connectivity index (χ1v) is 7.07. The van der Waals surface area contributed by atoms with Gasteiger partial charge >= 0.3 is 5.97 Å². The molecule has 0 amide bonds. The molecule has 3 rings (SSSR count). The Labute approximate surface area is 123 Å². The summed E-state index contributed by atoms with van der Waals surface area (Å²) in [4.78, 5) is 12.2. The second-order valence-corrected chi connectivity index (χ2v) is 5.23. The number of hydrogen-bond donors (Lipinski definition) is 1. The number of fused-ring (bicyclic) bond motifs is 1. The van der Waals surface area contributed by atoms with Crippen molar-refractivity contribution in [2.75, 3.05) is 7.11 Å². The summed E-state index contributed by atoms with van der Waals surface area (Å²) in [6.07, 6.45) is 4.21. The molecule has 1 aromatic carbocycles. The van der Waals surface area contributed by atoms with Crippen LogP contribution in [-0.2, 0) is 29.0 Å². The molecule has 0 saturated heterocycles. The van der Waals surface area contributed by atoms with Gasteiger partial charge < -0.3 is 9.47 Å². The number of para-hydroxylation sites is 1. The fraction of sp³-hybridized carbons (Fsp3) is 0.375. The minimum Gasteiger partial charge on any atom is -0.496 e. The Hall–Kier alpha value is -2.30. The quantitative estimate of drug-likeness (QED) is 0.876. The number of aryl methyl sites for hydroxylation is 1. The van der Waals surface area contributed by atoms with Gasteiger partial charge in [-0.2, -0.15) is 5.10 Å². The third-order valence-electron chi connectivity index (χ3n) is 3.92. The lowest BCUT2D eigenvalue weighted by Crippen LogP contribution is -2.24. The zero-order valence-electron chi connectivity index (χ0n) is 12.0. The first kappa shape index (κ1) is 13.7. The zero-order chi connectivity index (χ0) is 14.7. The van der Waals surface area contributed by atoms with E-state index in [2.05, 4.69) is 10.2 Å². The van der Waals surface area contributed by atoms with Crippen LogP contribution in [0.2, 0.25) is 0 Å². The molecule has 5 heteroatoms. The highest BCUT2D eigenvalue weighted by atomic mass is 16.5. The smallest absolute Gasteiger partial charge is 0.309 e. The third kappa shape index (κ3) is 2.91. The number of benzene rings is 1. The molecule has 0 radical (unpaired) electrons. The van der Waals surface area contributed by atoms with Crippen molar-refractivity contribution in [1.29, 1.82) is 0 Å². The zero-order valence-corrected chi connectivity index (χ0v) is 12.0. The van der Waals surface area contributed by atoms with Gasteiger partial charge in [-0.25, -0.2) is 0 Å². The van der Waals surface area contributed by atoms with Crippen LogP contribution in [0.15, 0.2) is 30.5 Å². The Morgan fingerprint density at radius 3 is 3.14 bits per heavy atom. The number of carbonyl (C=O) groups excluding carboxylic acids is 1. The Bertz CT molecular complexity index is 636. The third-order valence-corrected chi connectivity index (χ3v) is 3.92. The molecular formula is C16H18N2O3. The normalized spacial score (nSPS) is 17.1. The van der Waals surface area contributed by atoms with Crippen LogP contribution in [0.5, 0.6) is 5.75 Å². The predicted octanol–water partition coefficient (Wildman–Crippen LogP) is 2.27. The molecular weight excluding hydrogens is 268 g/mol. The van der Waals surface area contributed by atoms with E-state index in [4.69, 9.17) is 9.47 Å². The van der Waals surface area contributed by atoms with Crippen LogP contribution in [0, 0.1) is 5.92 Å². The van der Waals surface area contributed by atoms with E-state index in [0.717, 1.165) is 29.8 Å². The van der Waals surface area contributed by atoms with Crippen molar-refractivity contribution in [3.8, 4) is 5.75 Å². The largest absolute Gasteiger partial charge is 0.496 e. The van der Waals surface area contributed by atoms with E-state index in [1.54, 1.807) is 7.11 Å². The second-order valence-electron chi connectivity index (χ2n) is 5.23. The number of esters is 1. The van der Waals surface area contributed by atoms with E-state index in [1.807, 2.05) is 30.5 Å². The minimum absolute atomic E-state index is 0.0901. The summed E-state index contributed by atoms with van der Waals surface area (Å²) in [5.41, 5.74) is 3.15. The van der Waals surface area contributed by atoms with Gasteiger partial charge in [0, 0.05) is 17.7 Å². The van der Waals surface area contributed by atoms with Crippen molar-refractivity contribution in [3.63, 3.8) is 0 Å². The molecule has 1 aromatic heterocycles. The fourth-order valence-corrected chi connectivity index (χ4v) is 2.70. The molecule has 1 atom stereocenters. The number of aromatic nitrogens is 2. The lowest BCUT2D eigenvalue weighted by atomic mass is 9.88. The van der Waals surface area contributed by atoms with Gasteiger partial charge in [-0.3, -0.25) is 9.89 Å². The van der Waals surface area contributed by atoms with Crippen molar-refractivity contribution < 1.29 is 14.3 Å². The number of nitrogens with one attached hydrogen (secondary N) is 1. The average Bonchev–Trinajstić information content (AvgIpc) is 3.00. The Kier molecular flexibility index (Phi) is 3.90. The summed E-state index contributed by atoms with van der Waals surface area (Å²) in [6, 6.07) is 7.56. The molecule has 1 aliphatic rings. The fourth-order valence-electron chi connectivity index (χ4n) is 2.70. The summed E-state index contributed by atoms with van der Waals surface area (Å²) in [5, 5.41) is 6.98. The predicted molar refractivity (Wildman–Crippen MR) is 76.9 cm³/mol. The number of aromatic amines is 1. The number of H-pyrrole nitrogens is 1. The number of ether oxygens (including phenoxy) is 2. The molecule has 2 aromatic rings. The van der Waals surface area contributed by atoms with Crippen LogP contribution in [0.25, 0.3) is 0 Å². The van der Waals surface area contributed by atoms with Crippen LogP contribution in [0.3, 0.4) is 0 Å². The molecule has 1 unspecified atom stereocenters. The van der Waals surface area contributed by atoms with Gasteiger partial charge in [0.05, 0.1) is 19.2 Å². The van der Waals surface area contributed by atoms with Gasteiger partial charge in [0.2, 0.25) is 0 Å².